The van der Waals surface area contributed by atoms with Crippen LogP contribution < -0.4 is 26.6 Å². The van der Waals surface area contributed by atoms with Gasteiger partial charge in [-0.05, 0) is 34.7 Å². The standard InChI is InChI=1S/C31H33N5O7S/c37-26-12-13-27(38)34-24(17-22-7-4-14-44-22)29(40)32-18-28(39)35-23(15-19-5-2-1-3-6-19)30(41)36-25(31(42)43)16-20-8-10-21(33-26)11-9-20/h1-11,14,23-25H,12-13,15-18H2,(H,32,40)(H,33,37)(H,34,38)(H,35,39)(H,36,41)(H,42,43). The lowest BCUT2D eigenvalue weighted by molar-refractivity contribution is -0.142. The molecular weight excluding hydrogens is 586 g/mol. The summed E-state index contributed by atoms with van der Waals surface area (Å²) in [6, 6.07) is 15.5. The van der Waals surface area contributed by atoms with Gasteiger partial charge < -0.3 is 31.7 Å². The van der Waals surface area contributed by atoms with Crippen molar-refractivity contribution in [3.05, 3.63) is 88.1 Å². The van der Waals surface area contributed by atoms with Crippen LogP contribution in [0.1, 0.15) is 28.8 Å². The summed E-state index contributed by atoms with van der Waals surface area (Å²) in [7, 11) is 0. The molecule has 2 aliphatic rings. The fourth-order valence-electron chi connectivity index (χ4n) is 4.58. The summed E-state index contributed by atoms with van der Waals surface area (Å²) >= 11 is 1.40. The number of carbonyl (C=O) groups is 6. The maximum atomic E-state index is 13.3. The molecule has 0 aliphatic carbocycles. The van der Waals surface area contributed by atoms with Crippen LogP contribution in [0, 0.1) is 0 Å². The highest BCUT2D eigenvalue weighted by atomic mass is 32.1. The van der Waals surface area contributed by atoms with Crippen LogP contribution in [0.2, 0.25) is 0 Å². The maximum Gasteiger partial charge on any atom is 0.326 e. The number of rotatable bonds is 5. The number of thiophene rings is 1. The molecule has 13 heteroatoms. The number of carbonyl (C=O) groups excluding carboxylic acids is 5. The molecule has 2 bridgehead atoms. The normalized spacial score (nSPS) is 20.7. The molecule has 2 aliphatic heterocycles. The molecule has 5 rings (SSSR count). The smallest absolute Gasteiger partial charge is 0.326 e. The fourth-order valence-corrected chi connectivity index (χ4v) is 5.34. The van der Waals surface area contributed by atoms with E-state index in [0.29, 0.717) is 11.3 Å². The van der Waals surface area contributed by atoms with Gasteiger partial charge in [-0.2, -0.15) is 0 Å². The van der Waals surface area contributed by atoms with Crippen molar-refractivity contribution in [3.8, 4) is 0 Å². The third-order valence-corrected chi connectivity index (χ3v) is 7.76. The van der Waals surface area contributed by atoms with Gasteiger partial charge in [0.05, 0.1) is 6.54 Å². The summed E-state index contributed by atoms with van der Waals surface area (Å²) in [6.45, 7) is -0.495. The molecule has 1 aromatic heterocycles. The summed E-state index contributed by atoms with van der Waals surface area (Å²) < 4.78 is 0. The minimum absolute atomic E-state index is 0.0524. The SMILES string of the molecule is O=C1CCC(=O)NC(Cc2cccs2)C(=O)NCC(=O)NC(Cc2ccccc2)C(=O)NC(C(=O)O)Cc2ccc(cc2)N1. The van der Waals surface area contributed by atoms with E-state index >= 15 is 0 Å². The van der Waals surface area contributed by atoms with Crippen LogP contribution in [0.4, 0.5) is 5.69 Å². The molecule has 0 saturated heterocycles. The molecule has 3 atom stereocenters. The Morgan fingerprint density at radius 3 is 2.11 bits per heavy atom. The lowest BCUT2D eigenvalue weighted by atomic mass is 10.0. The lowest BCUT2D eigenvalue weighted by Crippen LogP contribution is -2.55. The number of nitrogens with one attached hydrogen (secondary N) is 5. The lowest BCUT2D eigenvalue weighted by Gasteiger charge is -2.22. The molecule has 3 aromatic rings. The Morgan fingerprint density at radius 2 is 1.43 bits per heavy atom. The van der Waals surface area contributed by atoms with Gasteiger partial charge in [-0.1, -0.05) is 48.5 Å². The second-order valence-electron chi connectivity index (χ2n) is 10.3. The average Bonchev–Trinajstić information content (AvgIpc) is 3.52. The molecule has 230 valence electrons. The van der Waals surface area contributed by atoms with Crippen molar-refractivity contribution in [1.82, 2.24) is 21.3 Å². The monoisotopic (exact) mass is 619 g/mol. The topological polar surface area (TPSA) is 183 Å². The average molecular weight is 620 g/mol. The highest BCUT2D eigenvalue weighted by molar-refractivity contribution is 7.09. The highest BCUT2D eigenvalue weighted by Gasteiger charge is 2.28. The van der Waals surface area contributed by atoms with Gasteiger partial charge in [0.2, 0.25) is 29.5 Å². The number of carboxylic acid groups (broad SMARTS) is 1. The molecule has 44 heavy (non-hydrogen) atoms. The molecule has 3 unspecified atom stereocenters. The van der Waals surface area contributed by atoms with Crippen molar-refractivity contribution in [2.75, 3.05) is 11.9 Å². The number of hydrogen-bond donors (Lipinski definition) is 6. The van der Waals surface area contributed by atoms with Crippen LogP contribution >= 0.6 is 11.3 Å². The number of carboxylic acids is 1. The number of anilines is 1. The minimum Gasteiger partial charge on any atom is -0.480 e. The molecule has 12 nitrogen and oxygen atoms in total. The zero-order valence-electron chi connectivity index (χ0n) is 23.7. The van der Waals surface area contributed by atoms with Crippen molar-refractivity contribution in [3.63, 3.8) is 0 Å². The first-order valence-corrected chi connectivity index (χ1v) is 14.9. The van der Waals surface area contributed by atoms with Gasteiger partial charge in [0.25, 0.3) is 0 Å². The van der Waals surface area contributed by atoms with Crippen molar-refractivity contribution < 1.29 is 33.9 Å². The van der Waals surface area contributed by atoms with Gasteiger partial charge in [0.15, 0.2) is 0 Å². The predicted octanol–water partition coefficient (Wildman–Crippen LogP) is 1.16. The second-order valence-corrected chi connectivity index (χ2v) is 11.3. The number of benzene rings is 2. The van der Waals surface area contributed by atoms with Crippen LogP contribution in [0.15, 0.2) is 72.1 Å². The third-order valence-electron chi connectivity index (χ3n) is 6.87. The largest absolute Gasteiger partial charge is 0.480 e. The molecule has 0 saturated carbocycles. The van der Waals surface area contributed by atoms with Crippen LogP contribution in [0.25, 0.3) is 0 Å². The van der Waals surface area contributed by atoms with Gasteiger partial charge in [-0.25, -0.2) is 4.79 Å². The van der Waals surface area contributed by atoms with E-state index in [2.05, 4.69) is 26.6 Å². The summed E-state index contributed by atoms with van der Waals surface area (Å²) in [5.41, 5.74) is 1.76. The van der Waals surface area contributed by atoms with Gasteiger partial charge in [-0.15, -0.1) is 11.3 Å². The summed E-state index contributed by atoms with van der Waals surface area (Å²) in [4.78, 5) is 77.5. The van der Waals surface area contributed by atoms with E-state index in [9.17, 15) is 33.9 Å². The first-order valence-electron chi connectivity index (χ1n) is 14.0. The first-order chi connectivity index (χ1) is 21.2. The fraction of sp³-hybridized carbons (Fsp3) is 0.290. The van der Waals surface area contributed by atoms with E-state index in [0.717, 1.165) is 10.4 Å². The third kappa shape index (κ3) is 9.76. The molecule has 2 aromatic carbocycles. The van der Waals surface area contributed by atoms with Crippen molar-refractivity contribution in [2.45, 2.75) is 50.2 Å². The summed E-state index contributed by atoms with van der Waals surface area (Å²) in [5, 5.41) is 24.7. The highest BCUT2D eigenvalue weighted by Crippen LogP contribution is 2.14. The second kappa shape index (κ2) is 15.4. The van der Waals surface area contributed by atoms with E-state index in [-0.39, 0.29) is 32.1 Å². The Kier molecular flexibility index (Phi) is 11.2. The van der Waals surface area contributed by atoms with Gasteiger partial charge >= 0.3 is 5.97 Å². The van der Waals surface area contributed by atoms with E-state index in [1.807, 2.05) is 17.5 Å². The van der Waals surface area contributed by atoms with Crippen LogP contribution in [-0.4, -0.2) is 65.3 Å². The Balaban J connectivity index is 1.58. The van der Waals surface area contributed by atoms with E-state index in [4.69, 9.17) is 0 Å². The van der Waals surface area contributed by atoms with Gasteiger partial charge in [0, 0.05) is 42.7 Å². The van der Waals surface area contributed by atoms with E-state index < -0.39 is 60.2 Å². The maximum absolute atomic E-state index is 13.3. The van der Waals surface area contributed by atoms with Crippen molar-refractivity contribution in [1.29, 1.82) is 0 Å². The molecular formula is C31H33N5O7S. The minimum atomic E-state index is -1.30. The molecule has 3 heterocycles. The van der Waals surface area contributed by atoms with Crippen LogP contribution in [0.3, 0.4) is 0 Å². The number of amides is 5. The molecule has 0 spiro atoms. The number of hydrogen-bond acceptors (Lipinski definition) is 7. The van der Waals surface area contributed by atoms with Crippen LogP contribution in [-0.2, 0) is 48.0 Å². The van der Waals surface area contributed by atoms with Gasteiger partial charge in [-0.3, -0.25) is 24.0 Å². The van der Waals surface area contributed by atoms with Crippen LogP contribution in [0.5, 0.6) is 0 Å². The summed E-state index contributed by atoms with van der Waals surface area (Å²) in [5.74, 6) is -4.21. The summed E-state index contributed by atoms with van der Waals surface area (Å²) in [6.07, 6.45) is -0.120. The van der Waals surface area contributed by atoms with Gasteiger partial charge in [0.1, 0.15) is 18.1 Å². The Morgan fingerprint density at radius 1 is 0.750 bits per heavy atom. The zero-order valence-corrected chi connectivity index (χ0v) is 24.5. The predicted molar refractivity (Wildman–Crippen MR) is 163 cm³/mol. The van der Waals surface area contributed by atoms with Crippen molar-refractivity contribution in [2.24, 2.45) is 0 Å². The molecule has 0 fully saturated rings. The first kappa shape index (κ1) is 31.9. The number of fused-ring (bicyclic) bond motifs is 18. The van der Waals surface area contributed by atoms with Crippen molar-refractivity contribution >= 4 is 52.5 Å². The Labute approximate surface area is 257 Å². The molecule has 5 amide bonds. The molecule has 6 N–H and O–H groups in total. The van der Waals surface area contributed by atoms with E-state index in [1.165, 1.54) is 11.3 Å². The Bertz CT molecular complexity index is 1480. The van der Waals surface area contributed by atoms with E-state index in [1.54, 1.807) is 54.6 Å². The number of aliphatic carboxylic acids is 1. The quantitative estimate of drug-likeness (QED) is 0.232. The zero-order chi connectivity index (χ0) is 31.5. The Hall–Kier alpha value is -5.04. The molecule has 0 radical (unpaired) electrons.